The van der Waals surface area contributed by atoms with Crippen molar-refractivity contribution in [1.29, 1.82) is 0 Å². The number of benzene rings is 2. The van der Waals surface area contributed by atoms with Gasteiger partial charge in [0.15, 0.2) is 5.96 Å². The molecule has 1 heterocycles. The van der Waals surface area contributed by atoms with Crippen LogP contribution in [0, 0.1) is 0 Å². The predicted molar refractivity (Wildman–Crippen MR) is 138 cm³/mol. The summed E-state index contributed by atoms with van der Waals surface area (Å²) < 4.78 is 5.83. The van der Waals surface area contributed by atoms with E-state index >= 15 is 0 Å². The maximum Gasteiger partial charge on any atom is 0.225 e. The summed E-state index contributed by atoms with van der Waals surface area (Å²) in [6.45, 7) is 8.39. The van der Waals surface area contributed by atoms with Crippen molar-refractivity contribution in [3.63, 3.8) is 0 Å². The standard InChI is InChI=1S/C24H32N4O2.HI/c1-24(2,3)18-9-11-19(12-10-18)30-14-13-26-23(25-4)27-16-17-15-22(29)28-21-8-6-5-7-20(17)21;/h5-12,17H,13-16H2,1-4H3,(H,28,29)(H2,25,26,27);1H. The monoisotopic (exact) mass is 536 g/mol. The Balaban J connectivity index is 0.00000341. The van der Waals surface area contributed by atoms with E-state index in [0.29, 0.717) is 32.1 Å². The van der Waals surface area contributed by atoms with Crippen molar-refractivity contribution >= 4 is 41.5 Å². The first kappa shape index (κ1) is 25.0. The van der Waals surface area contributed by atoms with Crippen molar-refractivity contribution in [1.82, 2.24) is 10.6 Å². The van der Waals surface area contributed by atoms with Crippen LogP contribution >= 0.6 is 24.0 Å². The van der Waals surface area contributed by atoms with E-state index in [-0.39, 0.29) is 41.2 Å². The average Bonchev–Trinajstić information content (AvgIpc) is 2.72. The molecule has 168 valence electrons. The molecule has 3 rings (SSSR count). The van der Waals surface area contributed by atoms with Crippen LogP contribution in [0.4, 0.5) is 5.69 Å². The summed E-state index contributed by atoms with van der Waals surface area (Å²) in [5.74, 6) is 1.73. The van der Waals surface area contributed by atoms with Gasteiger partial charge >= 0.3 is 0 Å². The molecule has 0 saturated heterocycles. The van der Waals surface area contributed by atoms with E-state index in [4.69, 9.17) is 4.74 Å². The highest BCUT2D eigenvalue weighted by Gasteiger charge is 2.24. The van der Waals surface area contributed by atoms with Gasteiger partial charge in [0.05, 0.1) is 6.54 Å². The van der Waals surface area contributed by atoms with Crippen molar-refractivity contribution in [2.75, 3.05) is 32.1 Å². The fourth-order valence-corrected chi connectivity index (χ4v) is 3.51. The van der Waals surface area contributed by atoms with E-state index in [1.165, 1.54) is 5.56 Å². The second kappa shape index (κ2) is 11.4. The number of nitrogens with one attached hydrogen (secondary N) is 3. The lowest BCUT2D eigenvalue weighted by molar-refractivity contribution is -0.116. The zero-order valence-corrected chi connectivity index (χ0v) is 21.0. The number of nitrogens with zero attached hydrogens (tertiary/aromatic N) is 1. The molecule has 0 saturated carbocycles. The Hall–Kier alpha value is -2.29. The van der Waals surface area contributed by atoms with Crippen LogP contribution in [0.5, 0.6) is 5.75 Å². The van der Waals surface area contributed by atoms with E-state index < -0.39 is 0 Å². The lowest BCUT2D eigenvalue weighted by Crippen LogP contribution is -2.42. The van der Waals surface area contributed by atoms with Gasteiger partial charge in [0.25, 0.3) is 0 Å². The number of rotatable bonds is 6. The SMILES string of the molecule is CN=C(NCCOc1ccc(C(C)(C)C)cc1)NCC1CC(=O)Nc2ccccc21.I. The topological polar surface area (TPSA) is 74.8 Å². The molecule has 0 aromatic heterocycles. The molecule has 0 bridgehead atoms. The quantitative estimate of drug-likeness (QED) is 0.223. The van der Waals surface area contributed by atoms with Gasteiger partial charge in [0, 0.05) is 31.6 Å². The second-order valence-electron chi connectivity index (χ2n) is 8.54. The minimum Gasteiger partial charge on any atom is -0.492 e. The minimum absolute atomic E-state index is 0. The third-order valence-electron chi connectivity index (χ3n) is 5.23. The van der Waals surface area contributed by atoms with Crippen molar-refractivity contribution < 1.29 is 9.53 Å². The van der Waals surface area contributed by atoms with Gasteiger partial charge in [-0.2, -0.15) is 0 Å². The number of aliphatic imine (C=N–C) groups is 1. The van der Waals surface area contributed by atoms with Crippen LogP contribution in [0.1, 0.15) is 44.2 Å². The molecule has 1 aliphatic rings. The maximum atomic E-state index is 12.0. The van der Waals surface area contributed by atoms with Gasteiger partial charge in [-0.3, -0.25) is 9.79 Å². The first-order chi connectivity index (χ1) is 14.4. The smallest absolute Gasteiger partial charge is 0.225 e. The maximum absolute atomic E-state index is 12.0. The Bertz CT molecular complexity index is 891. The Kier molecular flexibility index (Phi) is 9.15. The number of hydrogen-bond donors (Lipinski definition) is 3. The number of amides is 1. The van der Waals surface area contributed by atoms with E-state index in [1.54, 1.807) is 7.05 Å². The molecule has 6 nitrogen and oxygen atoms in total. The summed E-state index contributed by atoms with van der Waals surface area (Å²) in [7, 11) is 1.74. The second-order valence-corrected chi connectivity index (χ2v) is 8.54. The van der Waals surface area contributed by atoms with Gasteiger partial charge in [-0.05, 0) is 34.7 Å². The zero-order chi connectivity index (χ0) is 21.6. The third kappa shape index (κ3) is 7.12. The molecular weight excluding hydrogens is 503 g/mol. The summed E-state index contributed by atoms with van der Waals surface area (Å²) in [4.78, 5) is 16.2. The molecule has 31 heavy (non-hydrogen) atoms. The lowest BCUT2D eigenvalue weighted by atomic mass is 9.87. The predicted octanol–water partition coefficient (Wildman–Crippen LogP) is 4.27. The normalized spacial score (nSPS) is 15.9. The molecule has 2 aromatic carbocycles. The van der Waals surface area contributed by atoms with E-state index in [9.17, 15) is 4.79 Å². The number of halogens is 1. The Morgan fingerprint density at radius 2 is 1.84 bits per heavy atom. The largest absolute Gasteiger partial charge is 0.492 e. The van der Waals surface area contributed by atoms with Crippen molar-refractivity contribution in [3.05, 3.63) is 59.7 Å². The summed E-state index contributed by atoms with van der Waals surface area (Å²) >= 11 is 0. The molecule has 0 fully saturated rings. The number of fused-ring (bicyclic) bond motifs is 1. The van der Waals surface area contributed by atoms with Gasteiger partial charge in [0.1, 0.15) is 12.4 Å². The third-order valence-corrected chi connectivity index (χ3v) is 5.23. The minimum atomic E-state index is 0. The number of hydrogen-bond acceptors (Lipinski definition) is 3. The highest BCUT2D eigenvalue weighted by atomic mass is 127. The van der Waals surface area contributed by atoms with Gasteiger partial charge in [-0.25, -0.2) is 0 Å². The molecular formula is C24H33IN4O2. The number of carbonyl (C=O) groups excluding carboxylic acids is 1. The first-order valence-corrected chi connectivity index (χ1v) is 10.4. The van der Waals surface area contributed by atoms with Crippen molar-refractivity contribution in [2.24, 2.45) is 4.99 Å². The summed E-state index contributed by atoms with van der Waals surface area (Å²) in [5.41, 5.74) is 3.48. The fraction of sp³-hybridized carbons (Fsp3) is 0.417. The molecule has 1 atom stereocenters. The summed E-state index contributed by atoms with van der Waals surface area (Å²) in [6, 6.07) is 16.2. The molecule has 1 unspecified atom stereocenters. The number of guanidine groups is 1. The van der Waals surface area contributed by atoms with E-state index in [2.05, 4.69) is 59.9 Å². The molecule has 0 aliphatic carbocycles. The molecule has 0 radical (unpaired) electrons. The number of anilines is 1. The molecule has 1 amide bonds. The number of para-hydroxylation sites is 1. The van der Waals surface area contributed by atoms with Gasteiger partial charge in [0.2, 0.25) is 5.91 Å². The van der Waals surface area contributed by atoms with Crippen LogP contribution < -0.4 is 20.7 Å². The van der Waals surface area contributed by atoms with Crippen molar-refractivity contribution in [3.8, 4) is 5.75 Å². The van der Waals surface area contributed by atoms with Crippen LogP contribution in [-0.2, 0) is 10.2 Å². The highest BCUT2D eigenvalue weighted by molar-refractivity contribution is 14.0. The van der Waals surface area contributed by atoms with E-state index in [0.717, 1.165) is 17.0 Å². The summed E-state index contributed by atoms with van der Waals surface area (Å²) in [5, 5.41) is 9.52. The first-order valence-electron chi connectivity index (χ1n) is 10.4. The molecule has 3 N–H and O–H groups in total. The molecule has 7 heteroatoms. The fourth-order valence-electron chi connectivity index (χ4n) is 3.51. The zero-order valence-electron chi connectivity index (χ0n) is 18.7. The van der Waals surface area contributed by atoms with Crippen LogP contribution in [-0.4, -0.2) is 38.6 Å². The number of carbonyl (C=O) groups is 1. The lowest BCUT2D eigenvalue weighted by Gasteiger charge is -2.26. The Morgan fingerprint density at radius 3 is 2.52 bits per heavy atom. The van der Waals surface area contributed by atoms with Crippen LogP contribution in [0.2, 0.25) is 0 Å². The van der Waals surface area contributed by atoms with Gasteiger partial charge in [-0.15, -0.1) is 24.0 Å². The van der Waals surface area contributed by atoms with Crippen molar-refractivity contribution in [2.45, 2.75) is 38.5 Å². The van der Waals surface area contributed by atoms with Crippen LogP contribution in [0.25, 0.3) is 0 Å². The molecule has 2 aromatic rings. The van der Waals surface area contributed by atoms with Gasteiger partial charge < -0.3 is 20.7 Å². The van der Waals surface area contributed by atoms with Gasteiger partial charge in [-0.1, -0.05) is 51.1 Å². The highest BCUT2D eigenvalue weighted by Crippen LogP contribution is 2.31. The Morgan fingerprint density at radius 1 is 1.13 bits per heavy atom. The van der Waals surface area contributed by atoms with Crippen LogP contribution in [0.15, 0.2) is 53.5 Å². The Labute approximate surface area is 202 Å². The van der Waals surface area contributed by atoms with E-state index in [1.807, 2.05) is 30.3 Å². The summed E-state index contributed by atoms with van der Waals surface area (Å²) in [6.07, 6.45) is 0.467. The number of ether oxygens (including phenoxy) is 1. The van der Waals surface area contributed by atoms with Crippen LogP contribution in [0.3, 0.4) is 0 Å². The molecule has 1 aliphatic heterocycles. The average molecular weight is 536 g/mol. The molecule has 0 spiro atoms.